The van der Waals surface area contributed by atoms with E-state index in [-0.39, 0.29) is 24.1 Å². The zero-order chi connectivity index (χ0) is 24.8. The van der Waals surface area contributed by atoms with Crippen LogP contribution in [0.2, 0.25) is 0 Å². The molecule has 0 spiro atoms. The van der Waals surface area contributed by atoms with E-state index in [0.717, 1.165) is 19.5 Å². The fourth-order valence-corrected chi connectivity index (χ4v) is 5.39. The van der Waals surface area contributed by atoms with Crippen molar-refractivity contribution >= 4 is 45.9 Å². The molecule has 0 fully saturated rings. The van der Waals surface area contributed by atoms with Crippen LogP contribution in [0.4, 0.5) is 5.69 Å². The first-order chi connectivity index (χ1) is 17.0. The molecule has 0 saturated carbocycles. The maximum atomic E-state index is 13.1. The number of hydrogen-bond acceptors (Lipinski definition) is 5. The van der Waals surface area contributed by atoms with Gasteiger partial charge in [0.1, 0.15) is 5.25 Å². The lowest BCUT2D eigenvalue weighted by Gasteiger charge is -2.27. The number of thioether (sulfide) groups is 1. The lowest BCUT2D eigenvalue weighted by atomic mass is 9.99. The minimum absolute atomic E-state index is 0.0368. The van der Waals surface area contributed by atoms with Crippen molar-refractivity contribution < 1.29 is 14.4 Å². The molecule has 0 radical (unpaired) electrons. The summed E-state index contributed by atoms with van der Waals surface area (Å²) in [6.07, 6.45) is 2.94. The first-order valence-corrected chi connectivity index (χ1v) is 12.8. The van der Waals surface area contributed by atoms with Crippen LogP contribution in [0.1, 0.15) is 42.6 Å². The Kier molecular flexibility index (Phi) is 8.02. The fraction of sp³-hybridized carbons (Fsp3) is 0.333. The standard InChI is InChI=1S/C27H30N4O3S/c1-3-30(4-2)27-29-25(33)23(35-27)18-24(32)28-22-12-8-11-21(17-22)26(34)31-15-13-20(14-16-31)19-9-6-5-7-10-19/h5-13,17,23H,3-4,14-16,18H2,1-2H3,(H,28,32)/t23-/m0/s1. The number of nitrogens with one attached hydrogen (secondary N) is 1. The Bertz CT molecular complexity index is 1160. The van der Waals surface area contributed by atoms with Gasteiger partial charge in [-0.15, -0.1) is 0 Å². The van der Waals surface area contributed by atoms with Crippen LogP contribution in [0, 0.1) is 0 Å². The molecule has 0 unspecified atom stereocenters. The summed E-state index contributed by atoms with van der Waals surface area (Å²) in [5, 5.41) is 2.99. The van der Waals surface area contributed by atoms with Crippen molar-refractivity contribution in [3.63, 3.8) is 0 Å². The molecule has 2 aromatic carbocycles. The third-order valence-electron chi connectivity index (χ3n) is 6.17. The minimum Gasteiger partial charge on any atom is -0.352 e. The second kappa shape index (κ2) is 11.4. The highest BCUT2D eigenvalue weighted by Crippen LogP contribution is 2.28. The number of anilines is 1. The molecule has 1 N–H and O–H groups in total. The number of carbonyl (C=O) groups is 3. The molecule has 7 nitrogen and oxygen atoms in total. The molecule has 0 bridgehead atoms. The van der Waals surface area contributed by atoms with Crippen molar-refractivity contribution in [3.8, 4) is 0 Å². The molecule has 8 heteroatoms. The van der Waals surface area contributed by atoms with E-state index in [4.69, 9.17) is 0 Å². The minimum atomic E-state index is -0.519. The van der Waals surface area contributed by atoms with Gasteiger partial charge >= 0.3 is 0 Å². The lowest BCUT2D eigenvalue weighted by Crippen LogP contribution is -2.34. The Labute approximate surface area is 210 Å². The number of benzene rings is 2. The molecular weight excluding hydrogens is 460 g/mol. The van der Waals surface area contributed by atoms with Crippen molar-refractivity contribution in [1.29, 1.82) is 0 Å². The summed E-state index contributed by atoms with van der Waals surface area (Å²) < 4.78 is 0. The second-order valence-corrected chi connectivity index (χ2v) is 9.61. The molecule has 0 saturated heterocycles. The number of amides is 3. The molecule has 0 aromatic heterocycles. The molecule has 4 rings (SSSR count). The van der Waals surface area contributed by atoms with Crippen molar-refractivity contribution in [2.75, 3.05) is 31.5 Å². The lowest BCUT2D eigenvalue weighted by molar-refractivity contribution is -0.121. The number of nitrogens with zero attached hydrogens (tertiary/aromatic N) is 3. The van der Waals surface area contributed by atoms with E-state index in [1.807, 2.05) is 41.8 Å². The van der Waals surface area contributed by atoms with Gasteiger partial charge in [-0.25, -0.2) is 0 Å². The van der Waals surface area contributed by atoms with Gasteiger partial charge in [0.25, 0.3) is 11.8 Å². The highest BCUT2D eigenvalue weighted by atomic mass is 32.2. The van der Waals surface area contributed by atoms with E-state index in [2.05, 4.69) is 28.5 Å². The van der Waals surface area contributed by atoms with E-state index in [1.54, 1.807) is 24.3 Å². The van der Waals surface area contributed by atoms with Crippen molar-refractivity contribution in [2.45, 2.75) is 31.9 Å². The number of carbonyl (C=O) groups excluding carboxylic acids is 3. The van der Waals surface area contributed by atoms with Gasteiger partial charge in [0, 0.05) is 43.9 Å². The summed E-state index contributed by atoms with van der Waals surface area (Å²) in [6.45, 7) is 6.73. The normalized spacial score (nSPS) is 17.6. The predicted octanol–water partition coefficient (Wildman–Crippen LogP) is 4.28. The summed E-state index contributed by atoms with van der Waals surface area (Å²) >= 11 is 1.34. The van der Waals surface area contributed by atoms with Gasteiger partial charge in [0.05, 0.1) is 0 Å². The Morgan fingerprint density at radius 2 is 1.89 bits per heavy atom. The van der Waals surface area contributed by atoms with E-state index in [9.17, 15) is 14.4 Å². The topological polar surface area (TPSA) is 82.1 Å². The van der Waals surface area contributed by atoms with Gasteiger partial charge in [0.2, 0.25) is 5.91 Å². The van der Waals surface area contributed by atoms with Crippen LogP contribution in [0.15, 0.2) is 65.7 Å². The molecule has 0 aliphatic carbocycles. The maximum Gasteiger partial charge on any atom is 0.262 e. The monoisotopic (exact) mass is 490 g/mol. The SMILES string of the molecule is CCN(CC)C1=NC(=O)[C@H](CC(=O)Nc2cccc(C(=O)N3CC=C(c4ccccc4)CC3)c2)S1. The van der Waals surface area contributed by atoms with E-state index in [0.29, 0.717) is 29.5 Å². The van der Waals surface area contributed by atoms with Crippen molar-refractivity contribution in [1.82, 2.24) is 9.80 Å². The quantitative estimate of drug-likeness (QED) is 0.626. The average Bonchev–Trinajstić information content (AvgIpc) is 3.24. The van der Waals surface area contributed by atoms with Crippen LogP contribution in [-0.4, -0.2) is 64.1 Å². The number of amidine groups is 1. The molecule has 182 valence electrons. The zero-order valence-corrected chi connectivity index (χ0v) is 20.9. The molecular formula is C27H30N4O3S. The van der Waals surface area contributed by atoms with Gasteiger partial charge in [-0.1, -0.05) is 54.2 Å². The Balaban J connectivity index is 1.34. The Hall–Kier alpha value is -3.39. The number of hydrogen-bond donors (Lipinski definition) is 1. The van der Waals surface area contributed by atoms with Gasteiger partial charge < -0.3 is 15.1 Å². The van der Waals surface area contributed by atoms with E-state index in [1.165, 1.54) is 22.9 Å². The highest BCUT2D eigenvalue weighted by Gasteiger charge is 2.32. The summed E-state index contributed by atoms with van der Waals surface area (Å²) in [4.78, 5) is 45.9. The largest absolute Gasteiger partial charge is 0.352 e. The summed E-state index contributed by atoms with van der Waals surface area (Å²) in [5.74, 6) is -0.614. The van der Waals surface area contributed by atoms with Gasteiger partial charge in [-0.05, 0) is 49.6 Å². The van der Waals surface area contributed by atoms with Gasteiger partial charge in [0.15, 0.2) is 5.17 Å². The van der Waals surface area contributed by atoms with Crippen LogP contribution < -0.4 is 5.32 Å². The third kappa shape index (κ3) is 6.00. The van der Waals surface area contributed by atoms with Gasteiger partial charge in [-0.3, -0.25) is 14.4 Å². The fourth-order valence-electron chi connectivity index (χ4n) is 4.20. The zero-order valence-electron chi connectivity index (χ0n) is 20.1. The summed E-state index contributed by atoms with van der Waals surface area (Å²) in [5.41, 5.74) is 3.51. The molecule has 35 heavy (non-hydrogen) atoms. The predicted molar refractivity (Wildman–Crippen MR) is 141 cm³/mol. The van der Waals surface area contributed by atoms with Crippen LogP contribution in [0.3, 0.4) is 0 Å². The molecule has 2 aliphatic heterocycles. The van der Waals surface area contributed by atoms with Gasteiger partial charge in [-0.2, -0.15) is 4.99 Å². The first-order valence-electron chi connectivity index (χ1n) is 12.0. The summed E-state index contributed by atoms with van der Waals surface area (Å²) in [7, 11) is 0. The average molecular weight is 491 g/mol. The Morgan fingerprint density at radius 3 is 2.57 bits per heavy atom. The van der Waals surface area contributed by atoms with Crippen molar-refractivity contribution in [2.24, 2.45) is 4.99 Å². The van der Waals surface area contributed by atoms with Crippen LogP contribution in [-0.2, 0) is 9.59 Å². The molecule has 2 aromatic rings. The number of rotatable bonds is 7. The molecule has 3 amide bonds. The molecule has 2 heterocycles. The highest BCUT2D eigenvalue weighted by molar-refractivity contribution is 8.15. The van der Waals surface area contributed by atoms with Crippen LogP contribution in [0.5, 0.6) is 0 Å². The van der Waals surface area contributed by atoms with Crippen LogP contribution in [0.25, 0.3) is 5.57 Å². The van der Waals surface area contributed by atoms with E-state index >= 15 is 0 Å². The maximum absolute atomic E-state index is 13.1. The Morgan fingerprint density at radius 1 is 1.11 bits per heavy atom. The van der Waals surface area contributed by atoms with E-state index < -0.39 is 5.25 Å². The number of aliphatic imine (C=N–C) groups is 1. The molecule has 2 aliphatic rings. The summed E-state index contributed by atoms with van der Waals surface area (Å²) in [6, 6.07) is 17.2. The third-order valence-corrected chi connectivity index (χ3v) is 7.38. The smallest absolute Gasteiger partial charge is 0.262 e. The van der Waals surface area contributed by atoms with Crippen LogP contribution >= 0.6 is 11.8 Å². The first kappa shape index (κ1) is 24.7. The molecule has 1 atom stereocenters. The van der Waals surface area contributed by atoms with Crippen molar-refractivity contribution in [3.05, 3.63) is 71.8 Å². The second-order valence-electron chi connectivity index (χ2n) is 8.44.